The van der Waals surface area contributed by atoms with E-state index in [2.05, 4.69) is 35.3 Å². The smallest absolute Gasteiger partial charge is 0.165 e. The van der Waals surface area contributed by atoms with E-state index in [1.54, 1.807) is 6.33 Å². The second-order valence-electron chi connectivity index (χ2n) is 4.63. The summed E-state index contributed by atoms with van der Waals surface area (Å²) in [5.74, 6) is 0.838. The van der Waals surface area contributed by atoms with Crippen LogP contribution < -0.4 is 5.73 Å². The molecule has 0 fully saturated rings. The van der Waals surface area contributed by atoms with Gasteiger partial charge in [-0.05, 0) is 29.3 Å². The van der Waals surface area contributed by atoms with Crippen molar-refractivity contribution in [1.29, 1.82) is 0 Å². The van der Waals surface area contributed by atoms with Crippen LogP contribution in [-0.2, 0) is 6.54 Å². The Labute approximate surface area is 111 Å². The molecule has 3 aromatic rings. The third-order valence-corrected chi connectivity index (χ3v) is 3.24. The van der Waals surface area contributed by atoms with Gasteiger partial charge in [0.05, 0.1) is 0 Å². The lowest BCUT2D eigenvalue weighted by Crippen LogP contribution is -2.00. The van der Waals surface area contributed by atoms with E-state index in [0.717, 1.165) is 40.8 Å². The summed E-state index contributed by atoms with van der Waals surface area (Å²) in [4.78, 5) is 0. The zero-order valence-corrected chi connectivity index (χ0v) is 10.9. The summed E-state index contributed by atoms with van der Waals surface area (Å²) in [6, 6.07) is 12.3. The predicted molar refractivity (Wildman–Crippen MR) is 77.7 cm³/mol. The molecule has 4 nitrogen and oxygen atoms in total. The average molecular weight is 252 g/mol. The van der Waals surface area contributed by atoms with Gasteiger partial charge < -0.3 is 10.3 Å². The molecule has 19 heavy (non-hydrogen) atoms. The summed E-state index contributed by atoms with van der Waals surface area (Å²) in [5.41, 5.74) is 7.85. The van der Waals surface area contributed by atoms with Gasteiger partial charge in [-0.3, -0.25) is 0 Å². The van der Waals surface area contributed by atoms with Crippen LogP contribution in [0.3, 0.4) is 0 Å². The molecule has 2 aromatic carbocycles. The first-order chi connectivity index (χ1) is 9.29. The van der Waals surface area contributed by atoms with Crippen molar-refractivity contribution in [2.45, 2.75) is 19.9 Å². The molecule has 0 bridgehead atoms. The Morgan fingerprint density at radius 1 is 1.16 bits per heavy atom. The molecule has 0 aliphatic heterocycles. The minimum absolute atomic E-state index is 0.740. The highest BCUT2D eigenvalue weighted by atomic mass is 15.3. The van der Waals surface area contributed by atoms with Gasteiger partial charge in [0.15, 0.2) is 5.82 Å². The van der Waals surface area contributed by atoms with Crippen molar-refractivity contribution in [2.75, 3.05) is 5.73 Å². The lowest BCUT2D eigenvalue weighted by Gasteiger charge is -2.09. The minimum Gasteiger partial charge on any atom is -0.398 e. The third kappa shape index (κ3) is 2.05. The fraction of sp³-hybridized carbons (Fsp3) is 0.200. The Hall–Kier alpha value is -2.36. The Morgan fingerprint density at radius 3 is 2.63 bits per heavy atom. The number of nitrogens with zero attached hydrogens (tertiary/aromatic N) is 3. The van der Waals surface area contributed by atoms with E-state index in [9.17, 15) is 0 Å². The lowest BCUT2D eigenvalue weighted by atomic mass is 10.0. The van der Waals surface area contributed by atoms with Crippen molar-refractivity contribution in [1.82, 2.24) is 14.8 Å². The molecule has 1 heterocycles. The molecular weight excluding hydrogens is 236 g/mol. The average Bonchev–Trinajstić information content (AvgIpc) is 2.86. The summed E-state index contributed by atoms with van der Waals surface area (Å²) in [7, 11) is 0. The van der Waals surface area contributed by atoms with Crippen LogP contribution in [0.2, 0.25) is 0 Å². The molecule has 1 aromatic heterocycles. The van der Waals surface area contributed by atoms with Crippen LogP contribution in [0.5, 0.6) is 0 Å². The maximum absolute atomic E-state index is 6.16. The predicted octanol–water partition coefficient (Wildman–Crippen LogP) is 3.09. The normalized spacial score (nSPS) is 11.0. The Balaban J connectivity index is 2.18. The summed E-state index contributed by atoms with van der Waals surface area (Å²) < 4.78 is 2.04. The molecule has 0 aliphatic rings. The largest absolute Gasteiger partial charge is 0.398 e. The first-order valence-electron chi connectivity index (χ1n) is 6.46. The van der Waals surface area contributed by atoms with Gasteiger partial charge in [-0.15, -0.1) is 10.2 Å². The number of fused-ring (bicyclic) bond motifs is 1. The SMILES string of the molecule is CCCn1cnnc1-c1cc2ccccc2cc1N. The maximum atomic E-state index is 6.16. The third-order valence-electron chi connectivity index (χ3n) is 3.24. The van der Waals surface area contributed by atoms with Gasteiger partial charge in [0.2, 0.25) is 0 Å². The van der Waals surface area contributed by atoms with E-state index < -0.39 is 0 Å². The fourth-order valence-electron chi connectivity index (χ4n) is 2.32. The van der Waals surface area contributed by atoms with Gasteiger partial charge in [0.1, 0.15) is 6.33 Å². The molecule has 4 heteroatoms. The van der Waals surface area contributed by atoms with Crippen molar-refractivity contribution in [3.05, 3.63) is 42.7 Å². The Bertz CT molecular complexity index is 715. The molecule has 0 amide bonds. The van der Waals surface area contributed by atoms with E-state index in [0.29, 0.717) is 0 Å². The fourth-order valence-corrected chi connectivity index (χ4v) is 2.32. The van der Waals surface area contributed by atoms with Gasteiger partial charge in [0.25, 0.3) is 0 Å². The lowest BCUT2D eigenvalue weighted by molar-refractivity contribution is 0.683. The Morgan fingerprint density at radius 2 is 1.89 bits per heavy atom. The van der Waals surface area contributed by atoms with Crippen molar-refractivity contribution in [3.63, 3.8) is 0 Å². The molecule has 0 saturated heterocycles. The van der Waals surface area contributed by atoms with E-state index in [1.165, 1.54) is 0 Å². The van der Waals surface area contributed by atoms with Crippen molar-refractivity contribution in [2.24, 2.45) is 0 Å². The second kappa shape index (κ2) is 4.72. The van der Waals surface area contributed by atoms with Gasteiger partial charge in [-0.1, -0.05) is 31.2 Å². The standard InChI is InChI=1S/C15H16N4/c1-2-7-19-10-17-18-15(19)13-8-11-5-3-4-6-12(11)9-14(13)16/h3-6,8-10H,2,7,16H2,1H3. The van der Waals surface area contributed by atoms with Crippen molar-refractivity contribution < 1.29 is 0 Å². The molecule has 0 spiro atoms. The van der Waals surface area contributed by atoms with Crippen molar-refractivity contribution >= 4 is 16.5 Å². The van der Waals surface area contributed by atoms with E-state index in [-0.39, 0.29) is 0 Å². The first-order valence-corrected chi connectivity index (χ1v) is 6.46. The molecule has 2 N–H and O–H groups in total. The second-order valence-corrected chi connectivity index (χ2v) is 4.63. The first kappa shape index (κ1) is 11.7. The molecule has 0 atom stereocenters. The molecule has 0 saturated carbocycles. The Kier molecular flexibility index (Phi) is 2.91. The number of anilines is 1. The zero-order valence-electron chi connectivity index (χ0n) is 10.9. The van der Waals surface area contributed by atoms with E-state index >= 15 is 0 Å². The van der Waals surface area contributed by atoms with Crippen LogP contribution in [0.25, 0.3) is 22.2 Å². The number of benzene rings is 2. The van der Waals surface area contributed by atoms with Gasteiger partial charge in [-0.2, -0.15) is 0 Å². The summed E-state index contributed by atoms with van der Waals surface area (Å²) in [5, 5.41) is 10.5. The van der Waals surface area contributed by atoms with Crippen LogP contribution in [0.4, 0.5) is 5.69 Å². The number of aryl methyl sites for hydroxylation is 1. The summed E-state index contributed by atoms with van der Waals surface area (Å²) in [6.07, 6.45) is 2.80. The summed E-state index contributed by atoms with van der Waals surface area (Å²) in [6.45, 7) is 3.03. The number of nitrogen functional groups attached to an aromatic ring is 1. The molecule has 96 valence electrons. The molecule has 0 unspecified atom stereocenters. The van der Waals surface area contributed by atoms with Crippen LogP contribution in [0, 0.1) is 0 Å². The minimum atomic E-state index is 0.740. The number of rotatable bonds is 3. The number of aromatic nitrogens is 3. The quantitative estimate of drug-likeness (QED) is 0.729. The number of hydrogen-bond acceptors (Lipinski definition) is 3. The summed E-state index contributed by atoms with van der Waals surface area (Å²) >= 11 is 0. The van der Waals surface area contributed by atoms with Crippen LogP contribution in [0.15, 0.2) is 42.7 Å². The molecular formula is C15H16N4. The van der Waals surface area contributed by atoms with Crippen LogP contribution in [0.1, 0.15) is 13.3 Å². The van der Waals surface area contributed by atoms with Crippen LogP contribution >= 0.6 is 0 Å². The molecule has 0 radical (unpaired) electrons. The topological polar surface area (TPSA) is 56.7 Å². The maximum Gasteiger partial charge on any atom is 0.165 e. The van der Waals surface area contributed by atoms with Crippen molar-refractivity contribution in [3.8, 4) is 11.4 Å². The number of hydrogen-bond donors (Lipinski definition) is 1. The van der Waals surface area contributed by atoms with E-state index in [4.69, 9.17) is 5.73 Å². The monoisotopic (exact) mass is 252 g/mol. The number of nitrogens with two attached hydrogens (primary N) is 1. The molecule has 0 aliphatic carbocycles. The van der Waals surface area contributed by atoms with Gasteiger partial charge >= 0.3 is 0 Å². The van der Waals surface area contributed by atoms with Gasteiger partial charge in [0, 0.05) is 17.8 Å². The highest BCUT2D eigenvalue weighted by molar-refractivity contribution is 5.92. The van der Waals surface area contributed by atoms with Gasteiger partial charge in [-0.25, -0.2) is 0 Å². The molecule has 3 rings (SSSR count). The highest BCUT2D eigenvalue weighted by Gasteiger charge is 2.11. The highest BCUT2D eigenvalue weighted by Crippen LogP contribution is 2.29. The van der Waals surface area contributed by atoms with Crippen LogP contribution in [-0.4, -0.2) is 14.8 Å². The van der Waals surface area contributed by atoms with E-state index in [1.807, 2.05) is 22.8 Å². The zero-order chi connectivity index (χ0) is 13.2.